The summed E-state index contributed by atoms with van der Waals surface area (Å²) in [6.45, 7) is 3.63. The number of carbonyl (C=O) groups excluding carboxylic acids is 1. The summed E-state index contributed by atoms with van der Waals surface area (Å²) in [6.07, 6.45) is 1.28. The zero-order valence-corrected chi connectivity index (χ0v) is 13.4. The molecular weight excluding hydrogens is 294 g/mol. The van der Waals surface area contributed by atoms with Gasteiger partial charge in [0.25, 0.3) is 5.91 Å². The first-order chi connectivity index (χ1) is 9.59. The van der Waals surface area contributed by atoms with Crippen molar-refractivity contribution in [2.75, 3.05) is 7.05 Å². The second kappa shape index (κ2) is 5.11. The maximum Gasteiger partial charge on any atom is 0.267 e. The molecule has 8 heteroatoms. The number of aromatic nitrogens is 1. The Kier molecular flexibility index (Phi) is 3.90. The van der Waals surface area contributed by atoms with Crippen LogP contribution >= 0.6 is 0 Å². The minimum atomic E-state index is -3.72. The maximum atomic E-state index is 12.4. The Morgan fingerprint density at radius 2 is 2.10 bits per heavy atom. The van der Waals surface area contributed by atoms with Crippen molar-refractivity contribution in [3.63, 3.8) is 0 Å². The van der Waals surface area contributed by atoms with Gasteiger partial charge in [0.2, 0.25) is 10.0 Å². The highest BCUT2D eigenvalue weighted by Crippen LogP contribution is 2.41. The van der Waals surface area contributed by atoms with Crippen molar-refractivity contribution in [1.29, 1.82) is 0 Å². The number of sulfonamides is 1. The van der Waals surface area contributed by atoms with Gasteiger partial charge in [-0.3, -0.25) is 4.79 Å². The molecule has 1 aromatic rings. The van der Waals surface area contributed by atoms with E-state index in [0.717, 1.165) is 0 Å². The molecular formula is C13H21N3O4S. The Labute approximate surface area is 124 Å². The van der Waals surface area contributed by atoms with Gasteiger partial charge in [-0.15, -0.1) is 0 Å². The van der Waals surface area contributed by atoms with Gasteiger partial charge in [0.05, 0.1) is 6.10 Å². The van der Waals surface area contributed by atoms with Gasteiger partial charge in [0.15, 0.2) is 0 Å². The van der Waals surface area contributed by atoms with Crippen LogP contribution in [0.4, 0.5) is 0 Å². The maximum absolute atomic E-state index is 12.4. The van der Waals surface area contributed by atoms with Crippen molar-refractivity contribution >= 4 is 15.9 Å². The molecule has 2 rings (SSSR count). The highest BCUT2D eigenvalue weighted by molar-refractivity contribution is 7.89. The van der Waals surface area contributed by atoms with Gasteiger partial charge in [-0.2, -0.15) is 0 Å². The van der Waals surface area contributed by atoms with Gasteiger partial charge in [0, 0.05) is 31.7 Å². The molecule has 1 heterocycles. The van der Waals surface area contributed by atoms with Crippen molar-refractivity contribution in [1.82, 2.24) is 14.6 Å². The molecule has 0 spiro atoms. The van der Waals surface area contributed by atoms with E-state index in [1.165, 1.54) is 23.9 Å². The lowest BCUT2D eigenvalue weighted by Gasteiger charge is -2.49. The number of nitrogens with zero attached hydrogens (tertiary/aromatic N) is 1. The third-order valence-electron chi connectivity index (χ3n) is 4.26. The predicted octanol–water partition coefficient (Wildman–Crippen LogP) is -0.178. The van der Waals surface area contributed by atoms with Crippen LogP contribution in [0.25, 0.3) is 0 Å². The van der Waals surface area contributed by atoms with E-state index in [4.69, 9.17) is 0 Å². The average molecular weight is 315 g/mol. The quantitative estimate of drug-likeness (QED) is 0.717. The number of nitrogens with one attached hydrogen (secondary N) is 2. The molecule has 2 atom stereocenters. The van der Waals surface area contributed by atoms with E-state index < -0.39 is 21.5 Å². The molecule has 1 fully saturated rings. The second-order valence-corrected chi connectivity index (χ2v) is 7.71. The summed E-state index contributed by atoms with van der Waals surface area (Å²) >= 11 is 0. The van der Waals surface area contributed by atoms with Gasteiger partial charge >= 0.3 is 0 Å². The minimum Gasteiger partial charge on any atom is -0.392 e. The molecule has 118 valence electrons. The molecule has 3 N–H and O–H groups in total. The van der Waals surface area contributed by atoms with E-state index in [1.54, 1.807) is 7.05 Å². The summed E-state index contributed by atoms with van der Waals surface area (Å²) in [4.78, 5) is 11.7. The van der Waals surface area contributed by atoms with Gasteiger partial charge in [-0.1, -0.05) is 13.8 Å². The average Bonchev–Trinajstić information content (AvgIpc) is 2.80. The van der Waals surface area contributed by atoms with E-state index in [0.29, 0.717) is 6.42 Å². The molecule has 1 saturated carbocycles. The molecule has 0 aliphatic heterocycles. The summed E-state index contributed by atoms with van der Waals surface area (Å²) in [7, 11) is -0.622. The van der Waals surface area contributed by atoms with Crippen LogP contribution in [0, 0.1) is 5.41 Å². The van der Waals surface area contributed by atoms with E-state index in [-0.39, 0.29) is 22.5 Å². The topological polar surface area (TPSA) is 100 Å². The first kappa shape index (κ1) is 16.0. The highest BCUT2D eigenvalue weighted by atomic mass is 32.2. The number of hydrogen-bond donors (Lipinski definition) is 3. The van der Waals surface area contributed by atoms with Crippen molar-refractivity contribution in [2.24, 2.45) is 12.5 Å². The van der Waals surface area contributed by atoms with E-state index in [1.807, 2.05) is 13.8 Å². The van der Waals surface area contributed by atoms with Crippen LogP contribution in [-0.4, -0.2) is 43.2 Å². The van der Waals surface area contributed by atoms with Gasteiger partial charge in [0.1, 0.15) is 10.6 Å². The fraction of sp³-hybridized carbons (Fsp3) is 0.615. The van der Waals surface area contributed by atoms with Gasteiger partial charge < -0.3 is 15.0 Å². The van der Waals surface area contributed by atoms with E-state index in [9.17, 15) is 18.3 Å². The van der Waals surface area contributed by atoms with E-state index >= 15 is 0 Å². The Bertz CT molecular complexity index is 663. The molecule has 1 aromatic heterocycles. The SMILES string of the molecule is CNC(=O)c1cc(S(=O)(=O)NC2CC(O)C2(C)C)cn1C. The largest absolute Gasteiger partial charge is 0.392 e. The monoisotopic (exact) mass is 315 g/mol. The first-order valence-electron chi connectivity index (χ1n) is 6.68. The van der Waals surface area contributed by atoms with Crippen LogP contribution in [0.3, 0.4) is 0 Å². The first-order valence-corrected chi connectivity index (χ1v) is 8.16. The van der Waals surface area contributed by atoms with Gasteiger partial charge in [-0.05, 0) is 12.5 Å². The fourth-order valence-electron chi connectivity index (χ4n) is 2.39. The number of amides is 1. The van der Waals surface area contributed by atoms with Crippen molar-refractivity contribution in [3.05, 3.63) is 18.0 Å². The van der Waals surface area contributed by atoms with E-state index in [2.05, 4.69) is 10.0 Å². The smallest absolute Gasteiger partial charge is 0.267 e. The van der Waals surface area contributed by atoms with Crippen LogP contribution in [0.5, 0.6) is 0 Å². The van der Waals surface area contributed by atoms with Crippen molar-refractivity contribution in [3.8, 4) is 0 Å². The Balaban J connectivity index is 2.23. The summed E-state index contributed by atoms with van der Waals surface area (Å²) in [5.41, 5.74) is -0.225. The third kappa shape index (κ3) is 2.70. The van der Waals surface area contributed by atoms with Crippen LogP contribution in [0.2, 0.25) is 0 Å². The molecule has 21 heavy (non-hydrogen) atoms. The Morgan fingerprint density at radius 3 is 2.57 bits per heavy atom. The Morgan fingerprint density at radius 1 is 1.48 bits per heavy atom. The number of hydrogen-bond acceptors (Lipinski definition) is 4. The predicted molar refractivity (Wildman–Crippen MR) is 77.3 cm³/mol. The number of aliphatic hydroxyl groups is 1. The lowest BCUT2D eigenvalue weighted by Crippen LogP contribution is -2.61. The van der Waals surface area contributed by atoms with Crippen molar-refractivity contribution in [2.45, 2.75) is 37.3 Å². The lowest BCUT2D eigenvalue weighted by molar-refractivity contribution is -0.0645. The second-order valence-electron chi connectivity index (χ2n) is 6.00. The standard InChI is InChI=1S/C13H21N3O4S/c1-13(2)10(6-11(13)17)15-21(19,20)8-5-9(12(18)14-3)16(4)7-8/h5,7,10-11,15,17H,6H2,1-4H3,(H,14,18). The van der Waals surface area contributed by atoms with Crippen LogP contribution in [0.1, 0.15) is 30.8 Å². The molecule has 0 aromatic carbocycles. The zero-order chi connectivity index (χ0) is 16.0. The molecule has 0 radical (unpaired) electrons. The molecule has 2 unspecified atom stereocenters. The van der Waals surface area contributed by atoms with Gasteiger partial charge in [-0.25, -0.2) is 13.1 Å². The Hall–Kier alpha value is -1.38. The summed E-state index contributed by atoms with van der Waals surface area (Å²) < 4.78 is 28.8. The van der Waals surface area contributed by atoms with Crippen LogP contribution in [-0.2, 0) is 17.1 Å². The molecule has 1 amide bonds. The van der Waals surface area contributed by atoms with Crippen LogP contribution in [0.15, 0.2) is 17.2 Å². The summed E-state index contributed by atoms with van der Waals surface area (Å²) in [5, 5.41) is 12.1. The molecule has 1 aliphatic carbocycles. The zero-order valence-electron chi connectivity index (χ0n) is 12.5. The number of carbonyl (C=O) groups is 1. The van der Waals surface area contributed by atoms with Crippen LogP contribution < -0.4 is 10.0 Å². The molecule has 0 bridgehead atoms. The number of rotatable bonds is 4. The minimum absolute atomic E-state index is 0.0424. The fourth-order valence-corrected chi connectivity index (χ4v) is 3.87. The summed E-state index contributed by atoms with van der Waals surface area (Å²) in [5.74, 6) is -0.349. The summed E-state index contributed by atoms with van der Waals surface area (Å²) in [6, 6.07) is 1.02. The molecule has 0 saturated heterocycles. The number of aliphatic hydroxyl groups excluding tert-OH is 1. The lowest BCUT2D eigenvalue weighted by atomic mass is 9.65. The third-order valence-corrected chi connectivity index (χ3v) is 5.70. The highest BCUT2D eigenvalue weighted by Gasteiger charge is 2.49. The number of aryl methyl sites for hydroxylation is 1. The molecule has 1 aliphatic rings. The molecule has 7 nitrogen and oxygen atoms in total. The normalized spacial score (nSPS) is 24.4. The van der Waals surface area contributed by atoms with Crippen molar-refractivity contribution < 1.29 is 18.3 Å².